The third-order valence-corrected chi connectivity index (χ3v) is 2.08. The van der Waals surface area contributed by atoms with Gasteiger partial charge in [0.1, 0.15) is 0 Å². The van der Waals surface area contributed by atoms with Crippen molar-refractivity contribution in [3.8, 4) is 0 Å². The van der Waals surface area contributed by atoms with Crippen molar-refractivity contribution in [2.24, 2.45) is 5.73 Å². The van der Waals surface area contributed by atoms with Crippen molar-refractivity contribution in [3.05, 3.63) is 0 Å². The first kappa shape index (κ1) is 8.93. The molecule has 0 bridgehead atoms. The van der Waals surface area contributed by atoms with Gasteiger partial charge in [-0.2, -0.15) is 0 Å². The first-order valence-corrected chi connectivity index (χ1v) is 3.89. The van der Waals surface area contributed by atoms with E-state index in [1.165, 1.54) is 0 Å². The lowest BCUT2D eigenvalue weighted by atomic mass is 10.1. The van der Waals surface area contributed by atoms with Crippen LogP contribution in [0, 0.1) is 0 Å². The Morgan fingerprint density at radius 1 is 0.909 bits per heavy atom. The number of hydrogen-bond acceptors (Lipinski definition) is 4. The van der Waals surface area contributed by atoms with Crippen LogP contribution in [0.1, 0.15) is 19.3 Å². The fraction of sp³-hybridized carbons (Fsp3) is 1.00. The van der Waals surface area contributed by atoms with Crippen molar-refractivity contribution < 1.29 is 15.3 Å². The molecule has 0 radical (unpaired) electrons. The maximum absolute atomic E-state index is 9.20. The van der Waals surface area contributed by atoms with Gasteiger partial charge in [-0.05, 0) is 12.8 Å². The summed E-state index contributed by atoms with van der Waals surface area (Å²) in [5.41, 5.74) is 5.55. The van der Waals surface area contributed by atoms with Crippen molar-refractivity contribution in [2.75, 3.05) is 0 Å². The Balaban J connectivity index is 2.51. The highest BCUT2D eigenvalue weighted by atomic mass is 16.3. The molecule has 4 atom stereocenters. The zero-order valence-electron chi connectivity index (χ0n) is 6.35. The predicted octanol–water partition coefficient (Wildman–Crippen LogP) is -1.42. The number of aliphatic hydroxyl groups is 3. The SMILES string of the molecule is N[C@@H]1C[C@H](O)C[C@H](O)[C@@H](O)C1. The second kappa shape index (κ2) is 3.49. The minimum atomic E-state index is -0.821. The molecule has 66 valence electrons. The van der Waals surface area contributed by atoms with Crippen LogP contribution >= 0.6 is 0 Å². The van der Waals surface area contributed by atoms with E-state index in [0.29, 0.717) is 12.8 Å². The van der Waals surface area contributed by atoms with Gasteiger partial charge in [0.25, 0.3) is 0 Å². The maximum Gasteiger partial charge on any atom is 0.0824 e. The van der Waals surface area contributed by atoms with E-state index in [1.54, 1.807) is 0 Å². The largest absolute Gasteiger partial charge is 0.393 e. The molecule has 4 heteroatoms. The molecule has 0 aromatic carbocycles. The number of aliphatic hydroxyl groups excluding tert-OH is 3. The van der Waals surface area contributed by atoms with E-state index in [2.05, 4.69) is 0 Å². The van der Waals surface area contributed by atoms with Crippen molar-refractivity contribution in [1.82, 2.24) is 0 Å². The topological polar surface area (TPSA) is 86.7 Å². The molecule has 1 aliphatic rings. The van der Waals surface area contributed by atoms with Crippen LogP contribution in [-0.4, -0.2) is 39.7 Å². The van der Waals surface area contributed by atoms with Crippen LogP contribution in [0.25, 0.3) is 0 Å². The Labute approximate surface area is 65.6 Å². The second-order valence-electron chi connectivity index (χ2n) is 3.26. The second-order valence-corrected chi connectivity index (χ2v) is 3.26. The molecule has 1 rings (SSSR count). The fourth-order valence-electron chi connectivity index (χ4n) is 1.45. The Morgan fingerprint density at radius 3 is 2.09 bits per heavy atom. The summed E-state index contributed by atoms with van der Waals surface area (Å²) in [6.45, 7) is 0. The molecule has 0 amide bonds. The molecule has 0 heterocycles. The van der Waals surface area contributed by atoms with Gasteiger partial charge in [0, 0.05) is 12.5 Å². The molecule has 1 fully saturated rings. The summed E-state index contributed by atoms with van der Waals surface area (Å²) in [5.74, 6) is 0. The van der Waals surface area contributed by atoms with Gasteiger partial charge in [0.2, 0.25) is 0 Å². The third-order valence-electron chi connectivity index (χ3n) is 2.08. The molecule has 1 aliphatic carbocycles. The van der Waals surface area contributed by atoms with E-state index >= 15 is 0 Å². The van der Waals surface area contributed by atoms with Gasteiger partial charge in [-0.25, -0.2) is 0 Å². The molecule has 0 spiro atoms. The van der Waals surface area contributed by atoms with Gasteiger partial charge in [-0.3, -0.25) is 0 Å². The monoisotopic (exact) mass is 161 g/mol. The quantitative estimate of drug-likeness (QED) is 0.328. The van der Waals surface area contributed by atoms with Crippen LogP contribution in [0.15, 0.2) is 0 Å². The predicted molar refractivity (Wildman–Crippen MR) is 39.8 cm³/mol. The van der Waals surface area contributed by atoms with Crippen molar-refractivity contribution >= 4 is 0 Å². The average Bonchev–Trinajstić information content (AvgIpc) is 1.93. The minimum Gasteiger partial charge on any atom is -0.393 e. The lowest BCUT2D eigenvalue weighted by molar-refractivity contribution is -0.00199. The van der Waals surface area contributed by atoms with Crippen molar-refractivity contribution in [2.45, 2.75) is 43.6 Å². The Kier molecular flexibility index (Phi) is 2.84. The van der Waals surface area contributed by atoms with E-state index < -0.39 is 18.3 Å². The van der Waals surface area contributed by atoms with Crippen LogP contribution < -0.4 is 5.73 Å². The fourth-order valence-corrected chi connectivity index (χ4v) is 1.45. The average molecular weight is 161 g/mol. The Morgan fingerprint density at radius 2 is 1.45 bits per heavy atom. The number of nitrogens with two attached hydrogens (primary N) is 1. The molecule has 5 N–H and O–H groups in total. The van der Waals surface area contributed by atoms with Gasteiger partial charge in [-0.15, -0.1) is 0 Å². The van der Waals surface area contributed by atoms with Crippen LogP contribution in [0.3, 0.4) is 0 Å². The molecule has 0 unspecified atom stereocenters. The highest BCUT2D eigenvalue weighted by molar-refractivity contribution is 4.82. The summed E-state index contributed by atoms with van der Waals surface area (Å²) in [7, 11) is 0. The lowest BCUT2D eigenvalue weighted by Crippen LogP contribution is -2.30. The molecule has 1 saturated carbocycles. The standard InChI is InChI=1S/C7H15NO3/c8-4-1-5(9)3-7(11)6(10)2-4/h4-7,9-11H,1-3,8H2/t4-,5+,6+,7+/m1/s1. The molecule has 4 nitrogen and oxygen atoms in total. The van der Waals surface area contributed by atoms with E-state index in [-0.39, 0.29) is 12.5 Å². The molecule has 0 aromatic rings. The van der Waals surface area contributed by atoms with Crippen LogP contribution in [0.5, 0.6) is 0 Å². The lowest BCUT2D eigenvalue weighted by Gasteiger charge is -2.14. The van der Waals surface area contributed by atoms with E-state index in [0.717, 1.165) is 0 Å². The normalized spacial score (nSPS) is 46.9. The zero-order valence-corrected chi connectivity index (χ0v) is 6.35. The van der Waals surface area contributed by atoms with Crippen molar-refractivity contribution in [1.29, 1.82) is 0 Å². The van der Waals surface area contributed by atoms with Gasteiger partial charge in [-0.1, -0.05) is 0 Å². The van der Waals surface area contributed by atoms with E-state index in [1.807, 2.05) is 0 Å². The van der Waals surface area contributed by atoms with Crippen LogP contribution in [0.2, 0.25) is 0 Å². The van der Waals surface area contributed by atoms with Gasteiger partial charge >= 0.3 is 0 Å². The summed E-state index contributed by atoms with van der Waals surface area (Å²) < 4.78 is 0. The van der Waals surface area contributed by atoms with Gasteiger partial charge < -0.3 is 21.1 Å². The number of hydrogen-bond donors (Lipinski definition) is 4. The van der Waals surface area contributed by atoms with Gasteiger partial charge in [0.15, 0.2) is 0 Å². The first-order valence-electron chi connectivity index (χ1n) is 3.89. The molecule has 0 aliphatic heterocycles. The minimum absolute atomic E-state index is 0.197. The zero-order chi connectivity index (χ0) is 8.43. The molecule has 11 heavy (non-hydrogen) atoms. The van der Waals surface area contributed by atoms with Gasteiger partial charge in [0.05, 0.1) is 18.3 Å². The highest BCUT2D eigenvalue weighted by Crippen LogP contribution is 2.17. The molecule has 0 saturated heterocycles. The molecular formula is C7H15NO3. The van der Waals surface area contributed by atoms with E-state index in [4.69, 9.17) is 5.73 Å². The van der Waals surface area contributed by atoms with E-state index in [9.17, 15) is 15.3 Å². The number of rotatable bonds is 0. The maximum atomic E-state index is 9.20. The Bertz CT molecular complexity index is 117. The Hall–Kier alpha value is -0.160. The first-order chi connectivity index (χ1) is 5.09. The summed E-state index contributed by atoms with van der Waals surface area (Å²) in [4.78, 5) is 0. The van der Waals surface area contributed by atoms with Crippen molar-refractivity contribution in [3.63, 3.8) is 0 Å². The summed E-state index contributed by atoms with van der Waals surface area (Å²) >= 11 is 0. The summed E-state index contributed by atoms with van der Waals surface area (Å²) in [6.07, 6.45) is -1.10. The van der Waals surface area contributed by atoms with Crippen LogP contribution in [-0.2, 0) is 0 Å². The highest BCUT2D eigenvalue weighted by Gasteiger charge is 2.27. The molecule has 0 aromatic heterocycles. The summed E-state index contributed by atoms with van der Waals surface area (Å²) in [5, 5.41) is 27.6. The van der Waals surface area contributed by atoms with Crippen LogP contribution in [0.4, 0.5) is 0 Å². The molecular weight excluding hydrogens is 146 g/mol. The smallest absolute Gasteiger partial charge is 0.0824 e. The third kappa shape index (κ3) is 2.41. The summed E-state index contributed by atoms with van der Waals surface area (Å²) in [6, 6.07) is -0.197.